The van der Waals surface area contributed by atoms with Gasteiger partial charge in [-0.15, -0.1) is 0 Å². The molecule has 0 atom stereocenters. The molecule has 1 nitrogen and oxygen atoms in total. The van der Waals surface area contributed by atoms with Crippen molar-refractivity contribution in [2.75, 3.05) is 0 Å². The molecule has 0 saturated carbocycles. The molecule has 0 aliphatic carbocycles. The molecule has 0 bridgehead atoms. The Hall–Kier alpha value is -1.41. The quantitative estimate of drug-likeness (QED) is 0.755. The third kappa shape index (κ3) is 3.57. The van der Waals surface area contributed by atoms with Crippen molar-refractivity contribution in [2.24, 2.45) is 5.92 Å². The maximum atomic E-state index is 8.58. The van der Waals surface area contributed by atoms with E-state index in [0.717, 1.165) is 5.19 Å². The van der Waals surface area contributed by atoms with Crippen molar-refractivity contribution in [1.82, 2.24) is 4.98 Å². The fraction of sp³-hybridized carbons (Fsp3) is 0.389. The van der Waals surface area contributed by atoms with Gasteiger partial charge in [-0.2, -0.15) is 0 Å². The van der Waals surface area contributed by atoms with E-state index in [1.165, 1.54) is 12.1 Å². The van der Waals surface area contributed by atoms with Crippen LogP contribution in [0.2, 0.25) is 19.6 Å². The normalized spacial score (nSPS) is 16.2. The van der Waals surface area contributed by atoms with E-state index in [0.29, 0.717) is 16.8 Å². The Kier molecular flexibility index (Phi) is 2.82. The zero-order valence-corrected chi connectivity index (χ0v) is 13.8. The first-order valence-electron chi connectivity index (χ1n) is 9.45. The molecule has 20 heavy (non-hydrogen) atoms. The molecule has 2 aromatic rings. The topological polar surface area (TPSA) is 12.9 Å². The first kappa shape index (κ1) is 9.51. The number of hydrogen-bond acceptors (Lipinski definition) is 1. The van der Waals surface area contributed by atoms with E-state index in [2.05, 4.69) is 24.6 Å². The number of aromatic nitrogens is 1. The van der Waals surface area contributed by atoms with Crippen molar-refractivity contribution < 1.29 is 6.85 Å². The van der Waals surface area contributed by atoms with E-state index in [9.17, 15) is 0 Å². The van der Waals surface area contributed by atoms with Gasteiger partial charge in [-0.3, -0.25) is 4.98 Å². The van der Waals surface area contributed by atoms with Crippen molar-refractivity contribution in [3.63, 3.8) is 0 Å². The van der Waals surface area contributed by atoms with Gasteiger partial charge in [0.2, 0.25) is 0 Å². The number of hydrogen-bond donors (Lipinski definition) is 0. The zero-order valence-electron chi connectivity index (χ0n) is 17.8. The van der Waals surface area contributed by atoms with E-state index in [-0.39, 0.29) is 24.0 Å². The van der Waals surface area contributed by atoms with Crippen LogP contribution < -0.4 is 5.19 Å². The molecular formula is C18H25NSi. The highest BCUT2D eigenvalue weighted by molar-refractivity contribution is 6.89. The van der Waals surface area contributed by atoms with Crippen LogP contribution in [0, 0.1) is 5.92 Å². The minimum absolute atomic E-state index is 0.0213. The van der Waals surface area contributed by atoms with Crippen molar-refractivity contribution in [2.45, 2.75) is 39.9 Å². The monoisotopic (exact) mass is 288 g/mol. The molecular weight excluding hydrogens is 258 g/mol. The van der Waals surface area contributed by atoms with Gasteiger partial charge in [-0.05, 0) is 29.1 Å². The summed E-state index contributed by atoms with van der Waals surface area (Å²) in [7, 11) is -1.79. The van der Waals surface area contributed by atoms with Crippen LogP contribution in [-0.2, 0) is 6.37 Å². The Balaban J connectivity index is 2.72. The van der Waals surface area contributed by atoms with Gasteiger partial charge in [0.15, 0.2) is 0 Å². The van der Waals surface area contributed by atoms with Crippen molar-refractivity contribution in [3.05, 3.63) is 48.1 Å². The molecule has 1 aromatic carbocycles. The maximum Gasteiger partial charge on any atom is 0.0799 e. The Morgan fingerprint density at radius 1 is 1.20 bits per heavy atom. The molecule has 2 heteroatoms. The van der Waals surface area contributed by atoms with Crippen LogP contribution in [0.5, 0.6) is 0 Å². The maximum absolute atomic E-state index is 8.58. The van der Waals surface area contributed by atoms with Crippen LogP contribution in [0.25, 0.3) is 11.3 Å². The van der Waals surface area contributed by atoms with Crippen molar-refractivity contribution in [1.29, 1.82) is 0 Å². The first-order chi connectivity index (χ1) is 11.4. The molecule has 0 aliphatic heterocycles. The lowest BCUT2D eigenvalue weighted by Gasteiger charge is -2.22. The molecule has 0 fully saturated rings. The number of pyridine rings is 1. The van der Waals surface area contributed by atoms with Gasteiger partial charge in [0.05, 0.1) is 17.9 Å². The second kappa shape index (κ2) is 5.92. The Morgan fingerprint density at radius 3 is 2.40 bits per heavy atom. The largest absolute Gasteiger partial charge is 0.256 e. The predicted octanol–water partition coefficient (Wildman–Crippen LogP) is 4.49. The summed E-state index contributed by atoms with van der Waals surface area (Å²) in [6.45, 7) is 10.2. The van der Waals surface area contributed by atoms with Gasteiger partial charge in [0.25, 0.3) is 0 Å². The van der Waals surface area contributed by atoms with Crippen molar-refractivity contribution in [3.8, 4) is 11.3 Å². The number of rotatable bonds is 4. The average Bonchev–Trinajstić information content (AvgIpc) is 2.50. The molecule has 0 unspecified atom stereocenters. The van der Waals surface area contributed by atoms with Crippen LogP contribution in [-0.4, -0.2) is 13.1 Å². The molecule has 0 amide bonds. The summed E-state index contributed by atoms with van der Waals surface area (Å²) in [6.07, 6.45) is 0.273. The standard InChI is InChI=1S/C18H25NSi/c1-14(2)11-16-12-17(15-9-7-6-8-10-15)19-13-18(16)20(3,4)5/h6-10,12-14H,11H2,1-5H3/i6D,7D,8D,11D2. The molecule has 1 heterocycles. The molecule has 0 saturated heterocycles. The van der Waals surface area contributed by atoms with E-state index < -0.39 is 14.4 Å². The molecule has 106 valence electrons. The average molecular weight is 289 g/mol. The SMILES string of the molecule is [2H]c1cc(-c2cc(C([2H])([2H])C(C)C)c([Si](C)(C)C)cn2)cc([2H])c1[2H]. The number of benzene rings is 1. The lowest BCUT2D eigenvalue weighted by Crippen LogP contribution is -2.40. The first-order valence-corrected chi connectivity index (χ1v) is 10.4. The second-order valence-electron chi connectivity index (χ2n) is 6.32. The molecule has 0 radical (unpaired) electrons. The zero-order chi connectivity index (χ0) is 19.2. The summed E-state index contributed by atoms with van der Waals surface area (Å²) >= 11 is 0. The fourth-order valence-electron chi connectivity index (χ4n) is 2.10. The third-order valence-corrected chi connectivity index (χ3v) is 5.07. The van der Waals surface area contributed by atoms with Crippen LogP contribution in [0.4, 0.5) is 0 Å². The Labute approximate surface area is 131 Å². The van der Waals surface area contributed by atoms with Crippen LogP contribution in [0.15, 0.2) is 42.5 Å². The van der Waals surface area contributed by atoms with E-state index in [1.807, 2.05) is 13.8 Å². The molecule has 2 rings (SSSR count). The highest BCUT2D eigenvalue weighted by Gasteiger charge is 2.21. The number of nitrogens with zero attached hydrogens (tertiary/aromatic N) is 1. The lowest BCUT2D eigenvalue weighted by molar-refractivity contribution is 0.649. The minimum Gasteiger partial charge on any atom is -0.256 e. The second-order valence-corrected chi connectivity index (χ2v) is 11.4. The summed E-state index contributed by atoms with van der Waals surface area (Å²) in [5.41, 5.74) is 1.78. The van der Waals surface area contributed by atoms with Crippen LogP contribution >= 0.6 is 0 Å². The molecule has 1 aromatic heterocycles. The van der Waals surface area contributed by atoms with Gasteiger partial charge < -0.3 is 0 Å². The van der Waals surface area contributed by atoms with Gasteiger partial charge in [-0.25, -0.2) is 0 Å². The Morgan fingerprint density at radius 2 is 1.85 bits per heavy atom. The molecule has 0 spiro atoms. The van der Waals surface area contributed by atoms with Crippen LogP contribution in [0.3, 0.4) is 0 Å². The fourth-order valence-corrected chi connectivity index (χ4v) is 3.50. The summed E-state index contributed by atoms with van der Waals surface area (Å²) < 4.78 is 40.5. The van der Waals surface area contributed by atoms with E-state index in [4.69, 9.17) is 6.85 Å². The lowest BCUT2D eigenvalue weighted by atomic mass is 10.0. The van der Waals surface area contributed by atoms with Gasteiger partial charge >= 0.3 is 0 Å². The van der Waals surface area contributed by atoms with Gasteiger partial charge in [0.1, 0.15) is 0 Å². The smallest absolute Gasteiger partial charge is 0.0799 e. The molecule has 0 aliphatic rings. The van der Waals surface area contributed by atoms with Crippen LogP contribution in [0.1, 0.15) is 26.3 Å². The summed E-state index contributed by atoms with van der Waals surface area (Å²) in [6, 6.07) is 4.65. The van der Waals surface area contributed by atoms with E-state index >= 15 is 0 Å². The van der Waals surface area contributed by atoms with Gasteiger partial charge in [0, 0.05) is 14.5 Å². The van der Waals surface area contributed by atoms with Crippen molar-refractivity contribution >= 4 is 13.3 Å². The Bertz CT molecular complexity index is 774. The highest BCUT2D eigenvalue weighted by atomic mass is 28.3. The minimum atomic E-state index is -1.79. The predicted molar refractivity (Wildman–Crippen MR) is 91.2 cm³/mol. The highest BCUT2D eigenvalue weighted by Crippen LogP contribution is 2.20. The summed E-state index contributed by atoms with van der Waals surface area (Å²) in [5, 5.41) is 0.990. The van der Waals surface area contributed by atoms with E-state index in [1.54, 1.807) is 12.3 Å². The summed E-state index contributed by atoms with van der Waals surface area (Å²) in [5.74, 6) is -0.188. The molecule has 0 N–H and O–H groups in total. The third-order valence-electron chi connectivity index (χ3n) is 3.05. The summed E-state index contributed by atoms with van der Waals surface area (Å²) in [4.78, 5) is 4.50. The van der Waals surface area contributed by atoms with Gasteiger partial charge in [-0.1, -0.05) is 63.7 Å².